The minimum absolute atomic E-state index is 0.138. The Bertz CT molecular complexity index is 918. The first-order chi connectivity index (χ1) is 11.6. The maximum atomic E-state index is 12.8. The number of benzene rings is 1. The Labute approximate surface area is 145 Å². The average Bonchev–Trinajstić information content (AvgIpc) is 3.32. The zero-order valence-electron chi connectivity index (χ0n) is 12.4. The highest BCUT2D eigenvalue weighted by atomic mass is 32.1. The molecule has 0 fully saturated rings. The van der Waals surface area contributed by atoms with E-state index in [9.17, 15) is 14.7 Å². The second kappa shape index (κ2) is 5.85. The van der Waals surface area contributed by atoms with Crippen molar-refractivity contribution in [2.75, 3.05) is 11.4 Å². The van der Waals surface area contributed by atoms with E-state index in [2.05, 4.69) is 4.98 Å². The summed E-state index contributed by atoms with van der Waals surface area (Å²) in [5, 5.41) is 13.9. The predicted octanol–water partition coefficient (Wildman–Crippen LogP) is 3.70. The Morgan fingerprint density at radius 3 is 2.75 bits per heavy atom. The number of hydrogen-bond acceptors (Lipinski definition) is 5. The summed E-state index contributed by atoms with van der Waals surface area (Å²) < 4.78 is 0. The molecule has 1 aliphatic heterocycles. The second-order valence-corrected chi connectivity index (χ2v) is 7.19. The highest BCUT2D eigenvalue weighted by Crippen LogP contribution is 2.37. The number of nitrogens with zero attached hydrogens (tertiary/aromatic N) is 2. The lowest BCUT2D eigenvalue weighted by atomic mass is 10.0. The van der Waals surface area contributed by atoms with Gasteiger partial charge < -0.3 is 10.0 Å². The molecule has 3 heterocycles. The third-order valence-corrected chi connectivity index (χ3v) is 5.85. The molecule has 1 amide bonds. The lowest BCUT2D eigenvalue weighted by Crippen LogP contribution is -2.31. The number of hydrogen-bond donors (Lipinski definition) is 1. The Hall–Kier alpha value is -2.51. The number of rotatable bonds is 3. The molecule has 120 valence electrons. The molecule has 3 aromatic rings. The zero-order chi connectivity index (χ0) is 16.7. The van der Waals surface area contributed by atoms with Crippen molar-refractivity contribution >= 4 is 40.2 Å². The van der Waals surface area contributed by atoms with Crippen LogP contribution in [0.2, 0.25) is 0 Å². The van der Waals surface area contributed by atoms with Crippen molar-refractivity contribution in [3.63, 3.8) is 0 Å². The Morgan fingerprint density at radius 1 is 1.17 bits per heavy atom. The van der Waals surface area contributed by atoms with Crippen molar-refractivity contribution in [3.8, 4) is 9.88 Å². The molecule has 0 saturated heterocycles. The average molecular weight is 356 g/mol. The highest BCUT2D eigenvalue weighted by Gasteiger charge is 2.37. The number of carbonyl (C=O) groups is 2. The van der Waals surface area contributed by atoms with Crippen molar-refractivity contribution in [1.29, 1.82) is 0 Å². The molecule has 1 N–H and O–H groups in total. The first-order valence-corrected chi connectivity index (χ1v) is 9.04. The van der Waals surface area contributed by atoms with Crippen LogP contribution in [0.3, 0.4) is 0 Å². The molecule has 1 aliphatic rings. The lowest BCUT2D eigenvalue weighted by molar-refractivity contribution is -0.138. The number of thiophene rings is 1. The molecule has 2 aromatic heterocycles. The van der Waals surface area contributed by atoms with Crippen LogP contribution in [0, 0.1) is 0 Å². The third kappa shape index (κ3) is 2.42. The number of anilines is 1. The van der Waals surface area contributed by atoms with Gasteiger partial charge in [0, 0.05) is 17.6 Å². The second-order valence-electron chi connectivity index (χ2n) is 5.38. The molecule has 0 unspecified atom stereocenters. The van der Waals surface area contributed by atoms with Crippen molar-refractivity contribution < 1.29 is 14.7 Å². The molecule has 0 saturated carbocycles. The number of carboxylic acids is 1. The number of carboxylic acid groups (broad SMARTS) is 1. The molecule has 4 rings (SSSR count). The van der Waals surface area contributed by atoms with Gasteiger partial charge in [0.2, 0.25) is 0 Å². The van der Waals surface area contributed by atoms with Crippen molar-refractivity contribution in [2.45, 2.75) is 5.92 Å². The standard InChI is InChI=1S/C17H12N2O3S2/c20-16(12-9-24-15(18-12)14-6-3-7-23-14)19-8-11(17(21)22)10-4-1-2-5-13(10)19/h1-7,9,11H,8H2,(H,21,22)/t11-/m1/s1. The summed E-state index contributed by atoms with van der Waals surface area (Å²) in [4.78, 5) is 31.3. The van der Waals surface area contributed by atoms with Gasteiger partial charge in [0.1, 0.15) is 16.6 Å². The van der Waals surface area contributed by atoms with Crippen molar-refractivity contribution in [3.05, 3.63) is 58.4 Å². The van der Waals surface area contributed by atoms with Crippen LogP contribution in [0.1, 0.15) is 22.0 Å². The van der Waals surface area contributed by atoms with Gasteiger partial charge in [-0.3, -0.25) is 9.59 Å². The largest absolute Gasteiger partial charge is 0.481 e. The van der Waals surface area contributed by atoms with Crippen LogP contribution in [0.15, 0.2) is 47.2 Å². The van der Waals surface area contributed by atoms with Gasteiger partial charge in [0.15, 0.2) is 0 Å². The van der Waals surface area contributed by atoms with Gasteiger partial charge in [-0.2, -0.15) is 0 Å². The molecule has 0 bridgehead atoms. The van der Waals surface area contributed by atoms with Crippen LogP contribution in [-0.2, 0) is 4.79 Å². The number of aliphatic carboxylic acids is 1. The van der Waals surface area contributed by atoms with Crippen LogP contribution >= 0.6 is 22.7 Å². The van der Waals surface area contributed by atoms with Crippen molar-refractivity contribution in [1.82, 2.24) is 4.98 Å². The number of para-hydroxylation sites is 1. The Morgan fingerprint density at radius 2 is 2.00 bits per heavy atom. The molecule has 1 aromatic carbocycles. The zero-order valence-corrected chi connectivity index (χ0v) is 14.0. The smallest absolute Gasteiger partial charge is 0.312 e. The summed E-state index contributed by atoms with van der Waals surface area (Å²) >= 11 is 2.99. The fraction of sp³-hybridized carbons (Fsp3) is 0.118. The monoisotopic (exact) mass is 356 g/mol. The maximum Gasteiger partial charge on any atom is 0.312 e. The van der Waals surface area contributed by atoms with Crippen LogP contribution in [0.5, 0.6) is 0 Å². The number of carbonyl (C=O) groups excluding carboxylic acids is 1. The molecule has 5 nitrogen and oxygen atoms in total. The van der Waals surface area contributed by atoms with E-state index in [1.165, 1.54) is 16.2 Å². The Balaban J connectivity index is 1.67. The number of fused-ring (bicyclic) bond motifs is 1. The van der Waals surface area contributed by atoms with E-state index in [1.54, 1.807) is 34.9 Å². The van der Waals surface area contributed by atoms with Gasteiger partial charge in [0.25, 0.3) is 5.91 Å². The summed E-state index contributed by atoms with van der Waals surface area (Å²) in [6.45, 7) is 0.138. The van der Waals surface area contributed by atoms with E-state index in [-0.39, 0.29) is 12.5 Å². The van der Waals surface area contributed by atoms with E-state index in [0.717, 1.165) is 9.88 Å². The molecule has 0 aliphatic carbocycles. The number of aromatic nitrogens is 1. The minimum Gasteiger partial charge on any atom is -0.481 e. The van der Waals surface area contributed by atoms with Gasteiger partial charge in [0.05, 0.1) is 4.88 Å². The SMILES string of the molecule is O=C(O)[C@@H]1CN(C(=O)c2csc(-c3cccs3)n2)c2ccccc21. The number of amides is 1. The van der Waals surface area contributed by atoms with Gasteiger partial charge in [-0.1, -0.05) is 24.3 Å². The molecule has 0 spiro atoms. The van der Waals surface area contributed by atoms with E-state index >= 15 is 0 Å². The minimum atomic E-state index is -0.921. The summed E-state index contributed by atoms with van der Waals surface area (Å²) in [5.74, 6) is -1.87. The van der Waals surface area contributed by atoms with Crippen LogP contribution < -0.4 is 4.90 Å². The first kappa shape index (κ1) is 15.0. The van der Waals surface area contributed by atoms with Gasteiger partial charge in [-0.05, 0) is 23.1 Å². The summed E-state index contributed by atoms with van der Waals surface area (Å²) in [6, 6.07) is 11.0. The summed E-state index contributed by atoms with van der Waals surface area (Å²) in [5.41, 5.74) is 1.68. The summed E-state index contributed by atoms with van der Waals surface area (Å²) in [6.07, 6.45) is 0. The molecular formula is C17H12N2O3S2. The van der Waals surface area contributed by atoms with Crippen LogP contribution in [-0.4, -0.2) is 28.5 Å². The molecule has 7 heteroatoms. The predicted molar refractivity (Wildman–Crippen MR) is 93.9 cm³/mol. The molecule has 1 atom stereocenters. The lowest BCUT2D eigenvalue weighted by Gasteiger charge is -2.15. The summed E-state index contributed by atoms with van der Waals surface area (Å²) in [7, 11) is 0. The highest BCUT2D eigenvalue weighted by molar-refractivity contribution is 7.20. The van der Waals surface area contributed by atoms with Gasteiger partial charge >= 0.3 is 5.97 Å². The fourth-order valence-corrected chi connectivity index (χ4v) is 4.44. The quantitative estimate of drug-likeness (QED) is 0.777. The third-order valence-electron chi connectivity index (χ3n) is 3.97. The number of thiazole rings is 1. The van der Waals surface area contributed by atoms with Gasteiger partial charge in [-0.15, -0.1) is 22.7 Å². The molecule has 24 heavy (non-hydrogen) atoms. The van der Waals surface area contributed by atoms with E-state index in [1.807, 2.05) is 23.6 Å². The first-order valence-electron chi connectivity index (χ1n) is 7.28. The molecule has 0 radical (unpaired) electrons. The van der Waals surface area contributed by atoms with Crippen molar-refractivity contribution in [2.24, 2.45) is 0 Å². The molecular weight excluding hydrogens is 344 g/mol. The fourth-order valence-electron chi connectivity index (χ4n) is 2.83. The normalized spacial score (nSPS) is 16.2. The maximum absolute atomic E-state index is 12.8. The van der Waals surface area contributed by atoms with Crippen LogP contribution in [0.4, 0.5) is 5.69 Å². The van der Waals surface area contributed by atoms with E-state index in [0.29, 0.717) is 16.9 Å². The van der Waals surface area contributed by atoms with E-state index in [4.69, 9.17) is 0 Å². The van der Waals surface area contributed by atoms with Gasteiger partial charge in [-0.25, -0.2) is 4.98 Å². The van der Waals surface area contributed by atoms with E-state index < -0.39 is 11.9 Å². The Kier molecular flexibility index (Phi) is 3.66. The van der Waals surface area contributed by atoms with Crippen LogP contribution in [0.25, 0.3) is 9.88 Å². The topological polar surface area (TPSA) is 70.5 Å².